The molecule has 2 amide bonds. The minimum Gasteiger partial charge on any atom is -0.486 e. The number of aliphatic hydroxyl groups excluding tert-OH is 2. The summed E-state index contributed by atoms with van der Waals surface area (Å²) in [6, 6.07) is 6.73. The lowest BCUT2D eigenvalue weighted by atomic mass is 9.77. The van der Waals surface area contributed by atoms with Crippen molar-refractivity contribution in [2.45, 2.75) is 68.8 Å². The number of carbonyl (C=O) groups excluding carboxylic acids is 2. The maximum atomic E-state index is 13.4. The topological polar surface area (TPSA) is 108 Å². The predicted octanol–water partition coefficient (Wildman–Crippen LogP) is 2.06. The smallest absolute Gasteiger partial charge is 0.247 e. The Morgan fingerprint density at radius 2 is 2.09 bits per heavy atom. The van der Waals surface area contributed by atoms with E-state index in [2.05, 4.69) is 11.9 Å². The number of unbranched alkanes of at least 4 members (excludes halogenated alkanes) is 2. The lowest BCUT2D eigenvalue weighted by Gasteiger charge is -2.41. The molecule has 190 valence electrons. The van der Waals surface area contributed by atoms with Crippen molar-refractivity contribution in [1.29, 1.82) is 0 Å². The van der Waals surface area contributed by atoms with Gasteiger partial charge in [0, 0.05) is 37.3 Å². The van der Waals surface area contributed by atoms with Crippen LogP contribution in [0.15, 0.2) is 48.6 Å². The fourth-order valence-corrected chi connectivity index (χ4v) is 5.30. The first-order chi connectivity index (χ1) is 17.0. The molecule has 0 aromatic heterocycles. The molecule has 8 heteroatoms. The number of amides is 2. The molecule has 2 aliphatic heterocycles. The van der Waals surface area contributed by atoms with Crippen molar-refractivity contribution >= 4 is 11.8 Å². The van der Waals surface area contributed by atoms with E-state index in [1.54, 1.807) is 11.0 Å². The highest BCUT2D eigenvalue weighted by Crippen LogP contribution is 2.47. The van der Waals surface area contributed by atoms with Gasteiger partial charge in [0.1, 0.15) is 18.0 Å². The fraction of sp³-hybridized carbons (Fsp3) is 0.556. The summed E-state index contributed by atoms with van der Waals surface area (Å²) in [5.41, 5.74) is 1.28. The Morgan fingerprint density at radius 1 is 1.26 bits per heavy atom. The highest BCUT2D eigenvalue weighted by molar-refractivity contribution is 5.96. The van der Waals surface area contributed by atoms with Crippen molar-refractivity contribution in [2.75, 3.05) is 26.3 Å². The average molecular weight is 485 g/mol. The SMILES string of the molecule is C=CCCCCC(=O)N(C[C@H]1CCCO1)[C@@H]1C=C(C(=O)NCCO)[C@@H]2c3ccccc3O[C@@H]2[C@H]1O. The normalized spacial score (nSPS) is 26.8. The van der Waals surface area contributed by atoms with Gasteiger partial charge in [0.15, 0.2) is 0 Å². The van der Waals surface area contributed by atoms with Gasteiger partial charge >= 0.3 is 0 Å². The Bertz CT molecular complexity index is 941. The van der Waals surface area contributed by atoms with Crippen LogP contribution >= 0.6 is 0 Å². The van der Waals surface area contributed by atoms with E-state index < -0.39 is 24.2 Å². The molecule has 1 aromatic rings. The maximum Gasteiger partial charge on any atom is 0.247 e. The molecular weight excluding hydrogens is 448 g/mol. The highest BCUT2D eigenvalue weighted by Gasteiger charge is 2.50. The first kappa shape index (κ1) is 25.4. The Kier molecular flexibility index (Phi) is 8.59. The van der Waals surface area contributed by atoms with Crippen LogP contribution in [0.5, 0.6) is 5.75 Å². The summed E-state index contributed by atoms with van der Waals surface area (Å²) in [6.45, 7) is 4.69. The quantitative estimate of drug-likeness (QED) is 0.328. The molecule has 3 N–H and O–H groups in total. The molecule has 0 spiro atoms. The van der Waals surface area contributed by atoms with E-state index in [0.717, 1.165) is 37.7 Å². The van der Waals surface area contributed by atoms with Crippen LogP contribution in [0.1, 0.15) is 50.0 Å². The molecule has 35 heavy (non-hydrogen) atoms. The third kappa shape index (κ3) is 5.60. The molecule has 0 unspecified atom stereocenters. The summed E-state index contributed by atoms with van der Waals surface area (Å²) in [5.74, 6) is -0.233. The summed E-state index contributed by atoms with van der Waals surface area (Å²) < 4.78 is 12.0. The minimum atomic E-state index is -1.01. The Balaban J connectivity index is 1.66. The van der Waals surface area contributed by atoms with Crippen molar-refractivity contribution in [2.24, 2.45) is 0 Å². The van der Waals surface area contributed by atoms with Gasteiger partial charge in [-0.3, -0.25) is 9.59 Å². The third-order valence-electron chi connectivity index (χ3n) is 7.03. The molecule has 4 rings (SSSR count). The second-order valence-corrected chi connectivity index (χ2v) is 9.40. The number of nitrogens with one attached hydrogen (secondary N) is 1. The monoisotopic (exact) mass is 484 g/mol. The van der Waals surface area contributed by atoms with E-state index in [1.807, 2.05) is 30.3 Å². The summed E-state index contributed by atoms with van der Waals surface area (Å²) in [7, 11) is 0. The van der Waals surface area contributed by atoms with Crippen LogP contribution in [0, 0.1) is 0 Å². The number of benzene rings is 1. The second kappa shape index (κ2) is 11.8. The first-order valence-corrected chi connectivity index (χ1v) is 12.6. The Hall–Kier alpha value is -2.68. The van der Waals surface area contributed by atoms with Crippen molar-refractivity contribution in [3.8, 4) is 5.75 Å². The summed E-state index contributed by atoms with van der Waals surface area (Å²) in [5, 5.41) is 23.5. The molecule has 0 bridgehead atoms. The summed E-state index contributed by atoms with van der Waals surface area (Å²) in [6.07, 6.45) is 6.32. The zero-order valence-electron chi connectivity index (χ0n) is 20.1. The van der Waals surface area contributed by atoms with Gasteiger partial charge in [-0.25, -0.2) is 0 Å². The van der Waals surface area contributed by atoms with Crippen LogP contribution in [0.25, 0.3) is 0 Å². The zero-order valence-corrected chi connectivity index (χ0v) is 20.1. The van der Waals surface area contributed by atoms with Crippen LogP contribution in [-0.2, 0) is 14.3 Å². The number of ether oxygens (including phenoxy) is 2. The number of hydrogen-bond acceptors (Lipinski definition) is 6. The van der Waals surface area contributed by atoms with E-state index in [1.165, 1.54) is 0 Å². The molecule has 1 aliphatic carbocycles. The molecule has 1 saturated heterocycles. The lowest BCUT2D eigenvalue weighted by Crippen LogP contribution is -2.57. The number of rotatable bonds is 11. The highest BCUT2D eigenvalue weighted by atomic mass is 16.5. The average Bonchev–Trinajstić information content (AvgIpc) is 3.52. The van der Waals surface area contributed by atoms with Gasteiger partial charge in [-0.05, 0) is 44.2 Å². The molecule has 2 heterocycles. The third-order valence-corrected chi connectivity index (χ3v) is 7.03. The number of hydrogen-bond donors (Lipinski definition) is 3. The Labute approximate surface area is 206 Å². The molecule has 5 atom stereocenters. The van der Waals surface area contributed by atoms with Gasteiger partial charge in [0.2, 0.25) is 11.8 Å². The van der Waals surface area contributed by atoms with Crippen LogP contribution in [0.2, 0.25) is 0 Å². The standard InChI is InChI=1S/C27H36N2O6/c1-2-3-4-5-12-23(31)29(17-18-9-8-15-34-18)21-16-20(27(33)28-13-14-30)24-19-10-6-7-11-22(19)35-26(24)25(21)32/h2,6-7,10-11,16,18,21,24-26,30,32H,1,3-5,8-9,12-15,17H2,(H,28,33)/t18-,21-,24+,25+,26+/m1/s1. The van der Waals surface area contributed by atoms with Crippen molar-refractivity contribution < 1.29 is 29.3 Å². The van der Waals surface area contributed by atoms with Gasteiger partial charge in [-0.1, -0.05) is 24.3 Å². The van der Waals surface area contributed by atoms with Gasteiger partial charge in [0.25, 0.3) is 0 Å². The lowest BCUT2D eigenvalue weighted by molar-refractivity contribution is -0.139. The van der Waals surface area contributed by atoms with Crippen LogP contribution in [0.4, 0.5) is 0 Å². The fourth-order valence-electron chi connectivity index (χ4n) is 5.30. The zero-order chi connectivity index (χ0) is 24.8. The van der Waals surface area contributed by atoms with E-state index in [0.29, 0.717) is 30.9 Å². The van der Waals surface area contributed by atoms with E-state index in [4.69, 9.17) is 9.47 Å². The number of carbonyl (C=O) groups is 2. The maximum absolute atomic E-state index is 13.4. The molecule has 8 nitrogen and oxygen atoms in total. The van der Waals surface area contributed by atoms with Gasteiger partial charge in [0.05, 0.1) is 24.7 Å². The van der Waals surface area contributed by atoms with E-state index >= 15 is 0 Å². The minimum absolute atomic E-state index is 0.0751. The molecule has 1 aromatic carbocycles. The van der Waals surface area contributed by atoms with Crippen LogP contribution in [-0.4, -0.2) is 77.6 Å². The number of allylic oxidation sites excluding steroid dienone is 1. The first-order valence-electron chi connectivity index (χ1n) is 12.6. The van der Waals surface area contributed by atoms with Gasteiger partial charge < -0.3 is 29.9 Å². The van der Waals surface area contributed by atoms with Crippen LogP contribution in [0.3, 0.4) is 0 Å². The summed E-state index contributed by atoms with van der Waals surface area (Å²) in [4.78, 5) is 28.3. The van der Waals surface area contributed by atoms with Crippen molar-refractivity contribution in [1.82, 2.24) is 10.2 Å². The Morgan fingerprint density at radius 3 is 2.83 bits per heavy atom. The second-order valence-electron chi connectivity index (χ2n) is 9.40. The molecule has 0 radical (unpaired) electrons. The molecule has 0 saturated carbocycles. The molecule has 3 aliphatic rings. The van der Waals surface area contributed by atoms with Gasteiger partial charge in [-0.15, -0.1) is 6.58 Å². The predicted molar refractivity (Wildman–Crippen MR) is 131 cm³/mol. The molecular formula is C27H36N2O6. The van der Waals surface area contributed by atoms with E-state index in [-0.39, 0.29) is 31.1 Å². The number of para-hydroxylation sites is 1. The number of nitrogens with zero attached hydrogens (tertiary/aromatic N) is 1. The largest absolute Gasteiger partial charge is 0.486 e. The van der Waals surface area contributed by atoms with Crippen LogP contribution < -0.4 is 10.1 Å². The molecule has 1 fully saturated rings. The van der Waals surface area contributed by atoms with Crippen molar-refractivity contribution in [3.05, 3.63) is 54.1 Å². The van der Waals surface area contributed by atoms with Crippen molar-refractivity contribution in [3.63, 3.8) is 0 Å². The van der Waals surface area contributed by atoms with Gasteiger partial charge in [-0.2, -0.15) is 0 Å². The summed E-state index contributed by atoms with van der Waals surface area (Å²) >= 11 is 0. The van der Waals surface area contributed by atoms with E-state index in [9.17, 15) is 19.8 Å². The number of fused-ring (bicyclic) bond motifs is 3. The number of aliphatic hydroxyl groups is 2.